The first kappa shape index (κ1) is 24.0. The molecule has 4 aromatic rings. The van der Waals surface area contributed by atoms with Crippen LogP contribution in [0.1, 0.15) is 29.5 Å². The second-order valence-electron chi connectivity index (χ2n) is 8.56. The fraction of sp³-hybridized carbons (Fsp3) is 0.188. The number of rotatable bonds is 10. The van der Waals surface area contributed by atoms with E-state index in [-0.39, 0.29) is 0 Å². The van der Waals surface area contributed by atoms with Crippen molar-refractivity contribution in [2.45, 2.75) is 25.7 Å². The molecule has 0 fully saturated rings. The lowest BCUT2D eigenvalue weighted by molar-refractivity contribution is 0.130. The van der Waals surface area contributed by atoms with Gasteiger partial charge >= 0.3 is 0 Å². The van der Waals surface area contributed by atoms with Gasteiger partial charge in [-0.25, -0.2) is 4.85 Å². The van der Waals surface area contributed by atoms with Crippen molar-refractivity contribution in [3.05, 3.63) is 125 Å². The molecule has 0 aliphatic carbocycles. The Balaban J connectivity index is 1.13. The van der Waals surface area contributed by atoms with Gasteiger partial charge in [0, 0.05) is 13.2 Å². The summed E-state index contributed by atoms with van der Waals surface area (Å²) >= 11 is 0. The molecule has 0 N–H and O–H groups in total. The molecule has 0 spiro atoms. The Morgan fingerprint density at radius 3 is 1.40 bits per heavy atom. The molecule has 0 atom stereocenters. The molecule has 3 nitrogen and oxygen atoms in total. The highest BCUT2D eigenvalue weighted by molar-refractivity contribution is 5.66. The summed E-state index contributed by atoms with van der Waals surface area (Å²) in [4.78, 5) is 3.44. The van der Waals surface area contributed by atoms with Crippen LogP contribution in [0.4, 0.5) is 5.69 Å². The number of ether oxygens (including phenoxy) is 1. The molecule has 0 aliphatic rings. The lowest BCUT2D eigenvalue weighted by Crippen LogP contribution is -2.00. The molecular weight excluding hydrogens is 428 g/mol. The quantitative estimate of drug-likeness (QED) is 0.179. The van der Waals surface area contributed by atoms with E-state index in [2.05, 4.69) is 59.4 Å². The van der Waals surface area contributed by atoms with Gasteiger partial charge in [-0.2, -0.15) is 5.26 Å². The van der Waals surface area contributed by atoms with Gasteiger partial charge in [0.1, 0.15) is 0 Å². The maximum atomic E-state index is 8.93. The van der Waals surface area contributed by atoms with Gasteiger partial charge in [0.25, 0.3) is 0 Å². The molecule has 0 unspecified atom stereocenters. The topological polar surface area (TPSA) is 37.4 Å². The zero-order chi connectivity index (χ0) is 24.3. The third-order valence-corrected chi connectivity index (χ3v) is 6.09. The van der Waals surface area contributed by atoms with Gasteiger partial charge in [0.05, 0.1) is 18.2 Å². The predicted molar refractivity (Wildman–Crippen MR) is 142 cm³/mol. The Labute approximate surface area is 208 Å². The number of hydrogen-bond donors (Lipinski definition) is 0. The first-order valence-corrected chi connectivity index (χ1v) is 12.0. The van der Waals surface area contributed by atoms with Gasteiger partial charge in [-0.05, 0) is 71.2 Å². The van der Waals surface area contributed by atoms with Crippen LogP contribution in [0, 0.1) is 17.9 Å². The van der Waals surface area contributed by atoms with Gasteiger partial charge in [-0.1, -0.05) is 84.9 Å². The maximum absolute atomic E-state index is 8.93. The summed E-state index contributed by atoms with van der Waals surface area (Å²) < 4.78 is 5.86. The largest absolute Gasteiger partial charge is 0.381 e. The molecule has 0 radical (unpaired) electrons. The van der Waals surface area contributed by atoms with E-state index < -0.39 is 0 Å². The van der Waals surface area contributed by atoms with Gasteiger partial charge < -0.3 is 4.74 Å². The van der Waals surface area contributed by atoms with Crippen molar-refractivity contribution in [2.24, 2.45) is 0 Å². The smallest absolute Gasteiger partial charge is 0.187 e. The second kappa shape index (κ2) is 12.3. The van der Waals surface area contributed by atoms with Crippen molar-refractivity contribution in [2.75, 3.05) is 13.2 Å². The zero-order valence-electron chi connectivity index (χ0n) is 19.8. The van der Waals surface area contributed by atoms with Crippen molar-refractivity contribution in [3.63, 3.8) is 0 Å². The van der Waals surface area contributed by atoms with Crippen LogP contribution in [0.5, 0.6) is 0 Å². The molecule has 0 aliphatic heterocycles. The van der Waals surface area contributed by atoms with Crippen LogP contribution in [0.3, 0.4) is 0 Å². The summed E-state index contributed by atoms with van der Waals surface area (Å²) in [6, 6.07) is 34.9. The number of hydrogen-bond acceptors (Lipinski definition) is 2. The zero-order valence-corrected chi connectivity index (χ0v) is 19.8. The Hall–Kier alpha value is -4.18. The van der Waals surface area contributed by atoms with Crippen LogP contribution in [-0.2, 0) is 17.6 Å². The molecule has 0 amide bonds. The molecule has 0 saturated carbocycles. The summed E-state index contributed by atoms with van der Waals surface area (Å²) in [7, 11) is 0. The molecule has 35 heavy (non-hydrogen) atoms. The summed E-state index contributed by atoms with van der Waals surface area (Å²) in [5.41, 5.74) is 8.59. The van der Waals surface area contributed by atoms with Crippen LogP contribution in [-0.4, -0.2) is 13.2 Å². The summed E-state index contributed by atoms with van der Waals surface area (Å²) in [5, 5.41) is 8.93. The van der Waals surface area contributed by atoms with Crippen LogP contribution >= 0.6 is 0 Å². The van der Waals surface area contributed by atoms with Gasteiger partial charge in [-0.3, -0.25) is 0 Å². The predicted octanol–water partition coefficient (Wildman–Crippen LogP) is 8.03. The van der Waals surface area contributed by atoms with Gasteiger partial charge in [0.15, 0.2) is 5.69 Å². The van der Waals surface area contributed by atoms with E-state index in [9.17, 15) is 0 Å². The van der Waals surface area contributed by atoms with Crippen molar-refractivity contribution in [3.8, 4) is 28.3 Å². The third-order valence-electron chi connectivity index (χ3n) is 6.09. The average Bonchev–Trinajstić information content (AvgIpc) is 2.93. The summed E-state index contributed by atoms with van der Waals surface area (Å²) in [6.45, 7) is 8.61. The molecule has 0 saturated heterocycles. The summed E-state index contributed by atoms with van der Waals surface area (Å²) in [5.74, 6) is 0. The minimum atomic E-state index is 0.669. The first-order chi connectivity index (χ1) is 17.2. The highest BCUT2D eigenvalue weighted by atomic mass is 16.5. The Morgan fingerprint density at radius 2 is 1.00 bits per heavy atom. The van der Waals surface area contributed by atoms with E-state index in [4.69, 9.17) is 16.6 Å². The molecule has 0 heterocycles. The van der Waals surface area contributed by atoms with Crippen molar-refractivity contribution in [1.29, 1.82) is 5.26 Å². The molecule has 3 heteroatoms. The van der Waals surface area contributed by atoms with Crippen LogP contribution in [0.2, 0.25) is 0 Å². The number of aryl methyl sites for hydroxylation is 2. The molecule has 0 aromatic heterocycles. The lowest BCUT2D eigenvalue weighted by atomic mass is 10.0. The first-order valence-electron chi connectivity index (χ1n) is 12.0. The van der Waals surface area contributed by atoms with Gasteiger partial charge in [-0.15, -0.1) is 0 Å². The van der Waals surface area contributed by atoms with E-state index in [1.807, 2.05) is 48.5 Å². The minimum Gasteiger partial charge on any atom is -0.381 e. The fourth-order valence-electron chi connectivity index (χ4n) is 4.05. The highest BCUT2D eigenvalue weighted by Gasteiger charge is 2.01. The van der Waals surface area contributed by atoms with Crippen LogP contribution < -0.4 is 0 Å². The lowest BCUT2D eigenvalue weighted by Gasteiger charge is -2.07. The molecule has 0 bridgehead atoms. The van der Waals surface area contributed by atoms with Crippen molar-refractivity contribution >= 4 is 5.69 Å². The number of nitrogens with zero attached hydrogens (tertiary/aromatic N) is 2. The minimum absolute atomic E-state index is 0.669. The van der Waals surface area contributed by atoms with E-state index in [1.165, 1.54) is 22.3 Å². The van der Waals surface area contributed by atoms with Crippen molar-refractivity contribution < 1.29 is 4.74 Å². The molecule has 4 rings (SSSR count). The van der Waals surface area contributed by atoms with E-state index >= 15 is 0 Å². The Morgan fingerprint density at radius 1 is 0.600 bits per heavy atom. The number of nitriles is 1. The Kier molecular flexibility index (Phi) is 8.44. The third kappa shape index (κ3) is 6.90. The maximum Gasteiger partial charge on any atom is 0.187 e. The average molecular weight is 457 g/mol. The normalized spacial score (nSPS) is 10.5. The van der Waals surface area contributed by atoms with E-state index in [0.717, 1.165) is 50.0 Å². The van der Waals surface area contributed by atoms with E-state index in [1.54, 1.807) is 0 Å². The fourth-order valence-corrected chi connectivity index (χ4v) is 4.05. The molecular formula is C32H28N2O. The Bertz CT molecular complexity index is 1190. The second-order valence-corrected chi connectivity index (χ2v) is 8.56. The van der Waals surface area contributed by atoms with E-state index in [0.29, 0.717) is 11.3 Å². The SMILES string of the molecule is [C-]#[N+]c1ccc(-c2ccc(CCCOCCCc3ccc(-c4ccc(C#N)cc4)cc3)cc2)cc1. The monoisotopic (exact) mass is 456 g/mol. The van der Waals surface area contributed by atoms with Crippen LogP contribution in [0.15, 0.2) is 97.1 Å². The summed E-state index contributed by atoms with van der Waals surface area (Å²) in [6.07, 6.45) is 4.04. The van der Waals surface area contributed by atoms with Gasteiger partial charge in [0.2, 0.25) is 0 Å². The highest BCUT2D eigenvalue weighted by Crippen LogP contribution is 2.23. The van der Waals surface area contributed by atoms with Crippen LogP contribution in [0.25, 0.3) is 27.1 Å². The molecule has 4 aromatic carbocycles. The molecule has 172 valence electrons. The number of benzene rings is 4. The van der Waals surface area contributed by atoms with Crippen molar-refractivity contribution in [1.82, 2.24) is 0 Å². The standard InChI is InChI=1S/C32H28N2O/c1-34-32-20-18-31(19-21-32)29-14-8-26(9-15-29)5-3-23-35-22-2-4-25-6-12-28(13-7-25)30-16-10-27(24-33)11-17-30/h6-21H,2-5,22-23H2.